The Hall–Kier alpha value is -0.850. The summed E-state index contributed by atoms with van der Waals surface area (Å²) in [6.45, 7) is 1.84. The van der Waals surface area contributed by atoms with E-state index >= 15 is 0 Å². The quantitative estimate of drug-likeness (QED) is 0.372. The first kappa shape index (κ1) is 15.1. The molecule has 2 aromatic carbocycles. The Labute approximate surface area is 145 Å². The van der Waals surface area contributed by atoms with Crippen molar-refractivity contribution in [2.24, 2.45) is 0 Å². The minimum Gasteiger partial charge on any atom is -0.295 e. The minimum atomic E-state index is -0.391. The molecule has 108 valence electrons. The number of rotatable bonds is 2. The highest BCUT2D eigenvalue weighted by Gasteiger charge is 2.17. The predicted molar refractivity (Wildman–Crippen MR) is 93.0 cm³/mol. The van der Waals surface area contributed by atoms with E-state index in [9.17, 15) is 4.39 Å². The van der Waals surface area contributed by atoms with Crippen molar-refractivity contribution >= 4 is 56.8 Å². The fraction of sp³-hybridized carbons (Fsp3) is 0.133. The number of hydrogen-bond acceptors (Lipinski definition) is 1. The number of benzene rings is 2. The number of hydrogen-bond donors (Lipinski definition) is 0. The van der Waals surface area contributed by atoms with Crippen molar-refractivity contribution in [3.8, 4) is 5.69 Å². The Morgan fingerprint density at radius 1 is 1.24 bits per heavy atom. The molecule has 0 saturated carbocycles. The first-order valence-corrected chi connectivity index (χ1v) is 8.13. The van der Waals surface area contributed by atoms with Crippen LogP contribution in [0.2, 0.25) is 5.02 Å². The summed E-state index contributed by atoms with van der Waals surface area (Å²) in [6.07, 6.45) is 0. The van der Waals surface area contributed by atoms with Gasteiger partial charge in [0.2, 0.25) is 0 Å². The lowest BCUT2D eigenvalue weighted by molar-refractivity contribution is 0.626. The molecule has 0 aliphatic rings. The van der Waals surface area contributed by atoms with Crippen LogP contribution in [0.15, 0.2) is 36.4 Å². The summed E-state index contributed by atoms with van der Waals surface area (Å²) in [5, 5.41) is 0.0302. The van der Waals surface area contributed by atoms with Crippen molar-refractivity contribution in [1.29, 1.82) is 0 Å². The smallest absolute Gasteiger partial charge is 0.132 e. The molecule has 0 amide bonds. The molecule has 0 spiro atoms. The average molecular weight is 435 g/mol. The number of nitrogens with zero attached hydrogens (tertiary/aromatic N) is 2. The highest BCUT2D eigenvalue weighted by Crippen LogP contribution is 2.30. The van der Waals surface area contributed by atoms with E-state index in [4.69, 9.17) is 23.2 Å². The first-order chi connectivity index (χ1) is 9.95. The maximum Gasteiger partial charge on any atom is 0.132 e. The van der Waals surface area contributed by atoms with Gasteiger partial charge < -0.3 is 0 Å². The van der Waals surface area contributed by atoms with Crippen molar-refractivity contribution < 1.29 is 4.39 Å². The highest BCUT2D eigenvalue weighted by molar-refractivity contribution is 14.1. The summed E-state index contributed by atoms with van der Waals surface area (Å²) in [7, 11) is 0. The number of fused-ring (bicyclic) bond motifs is 1. The highest BCUT2D eigenvalue weighted by atomic mass is 127. The SMILES string of the molecule is CC(Cl)c1nc2cc(I)ccc2n1-c1cc(F)cc(Cl)c1. The third-order valence-corrected chi connectivity index (χ3v) is 4.19. The second kappa shape index (κ2) is 5.74. The Morgan fingerprint density at radius 2 is 2.00 bits per heavy atom. The topological polar surface area (TPSA) is 17.8 Å². The second-order valence-corrected chi connectivity index (χ2v) is 7.02. The largest absolute Gasteiger partial charge is 0.295 e. The molecule has 0 aliphatic heterocycles. The van der Waals surface area contributed by atoms with E-state index in [2.05, 4.69) is 27.6 Å². The molecular weight excluding hydrogens is 425 g/mol. The van der Waals surface area contributed by atoms with Crippen molar-refractivity contribution in [2.45, 2.75) is 12.3 Å². The van der Waals surface area contributed by atoms with E-state index in [0.717, 1.165) is 14.6 Å². The van der Waals surface area contributed by atoms with Gasteiger partial charge in [-0.2, -0.15) is 0 Å². The van der Waals surface area contributed by atoms with E-state index < -0.39 is 5.82 Å². The number of halogens is 4. The van der Waals surface area contributed by atoms with Crippen LogP contribution in [0.3, 0.4) is 0 Å². The molecule has 6 heteroatoms. The summed E-state index contributed by atoms with van der Waals surface area (Å²) in [5.74, 6) is 0.272. The first-order valence-electron chi connectivity index (χ1n) is 6.24. The summed E-state index contributed by atoms with van der Waals surface area (Å²) >= 11 is 14.4. The van der Waals surface area contributed by atoms with Crippen LogP contribution in [0.5, 0.6) is 0 Å². The third-order valence-electron chi connectivity index (χ3n) is 3.10. The van der Waals surface area contributed by atoms with Crippen LogP contribution >= 0.6 is 45.8 Å². The monoisotopic (exact) mass is 434 g/mol. The van der Waals surface area contributed by atoms with Gasteiger partial charge >= 0.3 is 0 Å². The number of imidazole rings is 1. The van der Waals surface area contributed by atoms with Crippen LogP contribution in [0.25, 0.3) is 16.7 Å². The maximum atomic E-state index is 13.7. The average Bonchev–Trinajstić information content (AvgIpc) is 2.76. The van der Waals surface area contributed by atoms with Gasteiger partial charge in [0, 0.05) is 8.59 Å². The van der Waals surface area contributed by atoms with Crippen LogP contribution in [-0.2, 0) is 0 Å². The Kier molecular flexibility index (Phi) is 4.12. The van der Waals surface area contributed by atoms with Crippen LogP contribution in [0.4, 0.5) is 4.39 Å². The molecule has 0 aliphatic carbocycles. The fourth-order valence-corrected chi connectivity index (χ4v) is 3.12. The van der Waals surface area contributed by atoms with E-state index in [0.29, 0.717) is 16.5 Å². The zero-order valence-corrected chi connectivity index (χ0v) is 14.6. The van der Waals surface area contributed by atoms with Gasteiger partial charge in [-0.05, 0) is 65.9 Å². The summed E-state index contributed by atoms with van der Waals surface area (Å²) < 4.78 is 16.6. The molecule has 1 atom stereocenters. The van der Waals surface area contributed by atoms with Crippen molar-refractivity contribution in [3.63, 3.8) is 0 Å². The molecule has 3 rings (SSSR count). The number of aromatic nitrogens is 2. The molecule has 0 radical (unpaired) electrons. The lowest BCUT2D eigenvalue weighted by Crippen LogP contribution is -2.02. The molecule has 1 aromatic heterocycles. The normalized spacial score (nSPS) is 12.8. The van der Waals surface area contributed by atoms with Gasteiger partial charge in [0.1, 0.15) is 11.6 Å². The minimum absolute atomic E-state index is 0.308. The van der Waals surface area contributed by atoms with E-state index in [-0.39, 0.29) is 5.38 Å². The summed E-state index contributed by atoms with van der Waals surface area (Å²) in [4.78, 5) is 4.57. The number of alkyl halides is 1. The van der Waals surface area contributed by atoms with E-state index in [1.54, 1.807) is 6.07 Å². The van der Waals surface area contributed by atoms with Gasteiger partial charge in [-0.25, -0.2) is 9.37 Å². The second-order valence-electron chi connectivity index (χ2n) is 4.68. The molecule has 3 aromatic rings. The molecule has 0 bridgehead atoms. The van der Waals surface area contributed by atoms with E-state index in [1.807, 2.05) is 29.7 Å². The zero-order chi connectivity index (χ0) is 15.1. The van der Waals surface area contributed by atoms with E-state index in [1.165, 1.54) is 12.1 Å². The van der Waals surface area contributed by atoms with Gasteiger partial charge in [0.15, 0.2) is 0 Å². The molecule has 1 unspecified atom stereocenters. The Bertz CT molecular complexity index is 810. The lowest BCUT2D eigenvalue weighted by atomic mass is 10.2. The van der Waals surface area contributed by atoms with Gasteiger partial charge in [-0.1, -0.05) is 11.6 Å². The molecule has 0 N–H and O–H groups in total. The molecule has 1 heterocycles. The zero-order valence-electron chi connectivity index (χ0n) is 10.9. The van der Waals surface area contributed by atoms with Crippen molar-refractivity contribution in [2.75, 3.05) is 0 Å². The van der Waals surface area contributed by atoms with Crippen LogP contribution in [-0.4, -0.2) is 9.55 Å². The van der Waals surface area contributed by atoms with Crippen LogP contribution < -0.4 is 0 Å². The maximum absolute atomic E-state index is 13.7. The molecular formula is C15H10Cl2FIN2. The molecule has 0 fully saturated rings. The van der Waals surface area contributed by atoms with Crippen LogP contribution in [0, 0.1) is 9.39 Å². The predicted octanol–water partition coefficient (Wildman–Crippen LogP) is 5.72. The third kappa shape index (κ3) is 2.89. The molecule has 0 saturated heterocycles. The van der Waals surface area contributed by atoms with Gasteiger partial charge in [-0.15, -0.1) is 11.6 Å². The standard InChI is InChI=1S/C15H10Cl2FIN2/c1-8(16)15-20-13-7-11(19)2-3-14(13)21(15)12-5-9(17)4-10(18)6-12/h2-8H,1H3. The van der Waals surface area contributed by atoms with Crippen molar-refractivity contribution in [3.05, 3.63) is 56.6 Å². The van der Waals surface area contributed by atoms with Gasteiger partial charge in [0.25, 0.3) is 0 Å². The summed E-state index contributed by atoms with van der Waals surface area (Å²) in [5.41, 5.74) is 2.32. The summed E-state index contributed by atoms with van der Waals surface area (Å²) in [6, 6.07) is 10.3. The van der Waals surface area contributed by atoms with Crippen molar-refractivity contribution in [1.82, 2.24) is 9.55 Å². The van der Waals surface area contributed by atoms with Gasteiger partial charge in [0.05, 0.1) is 22.1 Å². The fourth-order valence-electron chi connectivity index (χ4n) is 2.28. The Morgan fingerprint density at radius 3 is 2.67 bits per heavy atom. The molecule has 21 heavy (non-hydrogen) atoms. The van der Waals surface area contributed by atoms with Crippen LogP contribution in [0.1, 0.15) is 18.1 Å². The Balaban J connectivity index is 2.36. The van der Waals surface area contributed by atoms with Gasteiger partial charge in [-0.3, -0.25) is 4.57 Å². The molecule has 2 nitrogen and oxygen atoms in total. The lowest BCUT2D eigenvalue weighted by Gasteiger charge is -2.11.